The zero-order valence-electron chi connectivity index (χ0n) is 38.6. The fourth-order valence-corrected chi connectivity index (χ4v) is 10.1. The third-order valence-corrected chi connectivity index (χ3v) is 13.8. The summed E-state index contributed by atoms with van der Waals surface area (Å²) in [5, 5.41) is 8.67. The fraction of sp³-hybridized carbons (Fsp3) is 0.314. The van der Waals surface area contributed by atoms with Gasteiger partial charge in [-0.3, -0.25) is 44.0 Å². The normalized spacial score (nSPS) is 17.6. The molecule has 0 bridgehead atoms. The quantitative estimate of drug-likeness (QED) is 0.0977. The van der Waals surface area contributed by atoms with Crippen molar-refractivity contribution in [3.63, 3.8) is 0 Å². The number of halogens is 2. The Bertz CT molecular complexity index is 3100. The number of piperidine rings is 2. The van der Waals surface area contributed by atoms with Crippen LogP contribution in [0.2, 0.25) is 5.02 Å². The molecule has 5 aliphatic rings. The molecule has 2 saturated heterocycles. The number of ether oxygens (including phenoxy) is 4. The molecular weight excluding hydrogens is 939 g/mol. The standard InChI is InChI=1S/C51H46ClFN8O10/c1-68-38-8-4-6-35(53)42(38)44-31-21-28(52)9-10-29(31)43-27(24-55-44)25-56-50(59-43)57-36-7-3-5-30(45(36)69-2)46(64)54-16-20-70-19-13-41(63)60-17-14-51(15-18-60)26-71-39-23-33-32(22-34(39)51)48(66)61(49(33)67)37-11-12-40(62)58-47(37)65/h3-10,21-23,25,37H,11-20,24,26H2,1-2H3,(H,54,64)(H,56,57,59)(H,58,62,65). The monoisotopic (exact) mass is 984 g/mol. The van der Waals surface area contributed by atoms with Crippen LogP contribution in [0.25, 0.3) is 11.3 Å². The molecule has 2 fully saturated rings. The molecule has 0 aliphatic carbocycles. The van der Waals surface area contributed by atoms with E-state index >= 15 is 4.39 Å². The number of benzene rings is 4. The summed E-state index contributed by atoms with van der Waals surface area (Å²) in [7, 11) is 2.92. The van der Waals surface area contributed by atoms with Gasteiger partial charge < -0.3 is 34.5 Å². The SMILES string of the molecule is COc1cccc(F)c1C1=NCc2cnc(Nc3cccc(C(=O)NCCOCCC(=O)N4CCC5(CC4)COc4cc6c(cc45)C(=O)N(C4CCC(=O)NC4=O)C6=O)c3OC)nc2-c2ccc(Cl)cc21. The van der Waals surface area contributed by atoms with Gasteiger partial charge in [0.05, 0.1) is 86.4 Å². The number of imide groups is 2. The van der Waals surface area contributed by atoms with Gasteiger partial charge in [-0.2, -0.15) is 0 Å². The number of methoxy groups -OCH3 is 2. The molecule has 71 heavy (non-hydrogen) atoms. The first-order valence-corrected chi connectivity index (χ1v) is 23.4. The topological polar surface area (TPSA) is 220 Å². The first-order valence-electron chi connectivity index (χ1n) is 23.0. The lowest BCUT2D eigenvalue weighted by Crippen LogP contribution is -2.54. The van der Waals surface area contributed by atoms with E-state index in [1.807, 2.05) is 0 Å². The molecule has 1 unspecified atom stereocenters. The van der Waals surface area contributed by atoms with Gasteiger partial charge in [-0.15, -0.1) is 0 Å². The zero-order valence-corrected chi connectivity index (χ0v) is 39.3. The maximum Gasteiger partial charge on any atom is 0.262 e. The second-order valence-electron chi connectivity index (χ2n) is 17.7. The van der Waals surface area contributed by atoms with Gasteiger partial charge in [-0.25, -0.2) is 14.4 Å². The summed E-state index contributed by atoms with van der Waals surface area (Å²) >= 11 is 6.47. The number of para-hydroxylation sites is 1. The third-order valence-electron chi connectivity index (χ3n) is 13.6. The van der Waals surface area contributed by atoms with E-state index < -0.39 is 46.8 Å². The van der Waals surface area contributed by atoms with Crippen LogP contribution < -0.4 is 30.2 Å². The number of nitrogens with one attached hydrogen (secondary N) is 3. The molecule has 20 heteroatoms. The number of likely N-dealkylation sites (tertiary alicyclic amines) is 1. The van der Waals surface area contributed by atoms with E-state index in [0.29, 0.717) is 82.8 Å². The minimum absolute atomic E-state index is 0.0287. The van der Waals surface area contributed by atoms with Crippen LogP contribution in [0.3, 0.4) is 0 Å². The molecule has 1 atom stereocenters. The Labute approximate surface area is 410 Å². The average Bonchev–Trinajstić information content (AvgIpc) is 3.77. The van der Waals surface area contributed by atoms with Crippen LogP contribution in [0.4, 0.5) is 16.0 Å². The molecule has 1 spiro atoms. The summed E-state index contributed by atoms with van der Waals surface area (Å²) in [5.41, 5.74) is 4.40. The van der Waals surface area contributed by atoms with Gasteiger partial charge >= 0.3 is 0 Å². The smallest absolute Gasteiger partial charge is 0.262 e. The summed E-state index contributed by atoms with van der Waals surface area (Å²) < 4.78 is 38.4. The number of carbonyl (C=O) groups excluding carboxylic acids is 6. The number of fused-ring (bicyclic) bond motifs is 6. The molecule has 6 heterocycles. The van der Waals surface area contributed by atoms with Gasteiger partial charge in [0.2, 0.25) is 23.7 Å². The highest BCUT2D eigenvalue weighted by Gasteiger charge is 2.49. The molecule has 5 aromatic rings. The van der Waals surface area contributed by atoms with Crippen molar-refractivity contribution >= 4 is 64.4 Å². The fourth-order valence-electron chi connectivity index (χ4n) is 9.93. The predicted molar refractivity (Wildman–Crippen MR) is 255 cm³/mol. The van der Waals surface area contributed by atoms with Crippen LogP contribution in [0.15, 0.2) is 77.9 Å². The Balaban J connectivity index is 0.718. The Kier molecular flexibility index (Phi) is 12.7. The second kappa shape index (κ2) is 19.2. The van der Waals surface area contributed by atoms with Gasteiger partial charge in [-0.1, -0.05) is 29.8 Å². The molecule has 1 aromatic heterocycles. The largest absolute Gasteiger partial charge is 0.496 e. The van der Waals surface area contributed by atoms with Crippen LogP contribution in [-0.2, 0) is 31.1 Å². The number of rotatable bonds is 13. The molecule has 6 amide bonds. The number of aromatic nitrogens is 2. The molecule has 364 valence electrons. The molecule has 0 radical (unpaired) electrons. The summed E-state index contributed by atoms with van der Waals surface area (Å²) in [5.74, 6) is -2.01. The van der Waals surface area contributed by atoms with Crippen molar-refractivity contribution in [2.24, 2.45) is 4.99 Å². The van der Waals surface area contributed by atoms with Crippen LogP contribution >= 0.6 is 11.6 Å². The van der Waals surface area contributed by atoms with E-state index in [2.05, 4.69) is 20.9 Å². The van der Waals surface area contributed by atoms with Crippen molar-refractivity contribution < 1.29 is 52.1 Å². The lowest BCUT2D eigenvalue weighted by molar-refractivity contribution is -0.136. The lowest BCUT2D eigenvalue weighted by atomic mass is 9.73. The summed E-state index contributed by atoms with van der Waals surface area (Å²) in [4.78, 5) is 94.7. The van der Waals surface area contributed by atoms with Crippen molar-refractivity contribution in [1.29, 1.82) is 0 Å². The van der Waals surface area contributed by atoms with Crippen molar-refractivity contribution in [1.82, 2.24) is 30.4 Å². The van der Waals surface area contributed by atoms with Crippen molar-refractivity contribution in [2.45, 2.75) is 50.1 Å². The predicted octanol–water partition coefficient (Wildman–Crippen LogP) is 5.54. The minimum Gasteiger partial charge on any atom is -0.496 e. The second-order valence-corrected chi connectivity index (χ2v) is 18.1. The molecule has 18 nitrogen and oxygen atoms in total. The van der Waals surface area contributed by atoms with Crippen molar-refractivity contribution in [2.75, 3.05) is 59.0 Å². The molecule has 0 saturated carbocycles. The number of nitrogens with zero attached hydrogens (tertiary/aromatic N) is 5. The number of hydrogen-bond acceptors (Lipinski definition) is 14. The molecule has 5 aliphatic heterocycles. The maximum absolute atomic E-state index is 15.4. The van der Waals surface area contributed by atoms with E-state index in [-0.39, 0.29) is 85.4 Å². The summed E-state index contributed by atoms with van der Waals surface area (Å²) in [6.45, 7) is 1.83. The minimum atomic E-state index is -1.07. The van der Waals surface area contributed by atoms with Crippen LogP contribution in [0.1, 0.15) is 85.4 Å². The first kappa shape index (κ1) is 46.9. The lowest BCUT2D eigenvalue weighted by Gasteiger charge is -2.38. The van der Waals surface area contributed by atoms with Crippen molar-refractivity contribution in [3.8, 4) is 28.5 Å². The number of aliphatic imine (C=N–C) groups is 1. The maximum atomic E-state index is 15.4. The van der Waals surface area contributed by atoms with Crippen LogP contribution in [-0.4, -0.2) is 121 Å². The summed E-state index contributed by atoms with van der Waals surface area (Å²) in [6.07, 6.45) is 3.02. The number of anilines is 2. The Morgan fingerprint density at radius 3 is 2.51 bits per heavy atom. The van der Waals surface area contributed by atoms with Gasteiger partial charge in [0.25, 0.3) is 17.7 Å². The van der Waals surface area contributed by atoms with E-state index in [1.54, 1.807) is 71.8 Å². The van der Waals surface area contributed by atoms with Crippen molar-refractivity contribution in [3.05, 3.63) is 123 Å². The van der Waals surface area contributed by atoms with Gasteiger partial charge in [0, 0.05) is 64.9 Å². The highest BCUT2D eigenvalue weighted by molar-refractivity contribution is 6.32. The van der Waals surface area contributed by atoms with Crippen LogP contribution in [0, 0.1) is 5.82 Å². The van der Waals surface area contributed by atoms with E-state index in [0.717, 1.165) is 10.5 Å². The Morgan fingerprint density at radius 2 is 1.73 bits per heavy atom. The summed E-state index contributed by atoms with van der Waals surface area (Å²) in [6, 6.07) is 17.1. The van der Waals surface area contributed by atoms with Gasteiger partial charge in [0.15, 0.2) is 5.75 Å². The average molecular weight is 985 g/mol. The Morgan fingerprint density at radius 1 is 0.944 bits per heavy atom. The molecule has 3 N–H and O–H groups in total. The van der Waals surface area contributed by atoms with Gasteiger partial charge in [-0.05, 0) is 67.8 Å². The van der Waals surface area contributed by atoms with E-state index in [4.69, 9.17) is 40.5 Å². The highest BCUT2D eigenvalue weighted by atomic mass is 35.5. The third kappa shape index (κ3) is 8.68. The Hall–Kier alpha value is -7.77. The molecular formula is C51H46ClFN8O10. The van der Waals surface area contributed by atoms with E-state index in [1.165, 1.54) is 20.3 Å². The number of amides is 6. The zero-order chi connectivity index (χ0) is 49.6. The first-order chi connectivity index (χ1) is 34.4. The molecule has 4 aromatic carbocycles. The van der Waals surface area contributed by atoms with Gasteiger partial charge in [0.1, 0.15) is 23.4 Å². The highest BCUT2D eigenvalue weighted by Crippen LogP contribution is 2.48. The van der Waals surface area contributed by atoms with Crippen LogP contribution in [0.5, 0.6) is 17.2 Å². The number of hydrogen-bond donors (Lipinski definition) is 3. The molecule has 10 rings (SSSR count). The van der Waals surface area contributed by atoms with E-state index in [9.17, 15) is 28.8 Å². The number of carbonyl (C=O) groups is 6.